The summed E-state index contributed by atoms with van der Waals surface area (Å²) in [6.07, 6.45) is 18.3. The maximum absolute atomic E-state index is 13.4. The normalized spacial score (nSPS) is 15.2. The van der Waals surface area contributed by atoms with Crippen molar-refractivity contribution in [1.82, 2.24) is 111 Å². The van der Waals surface area contributed by atoms with Gasteiger partial charge in [-0.15, -0.1) is 10.2 Å². The Kier molecular flexibility index (Phi) is 44.6. The maximum Gasteiger partial charge on any atom is 0.341 e. The lowest BCUT2D eigenvalue weighted by atomic mass is 9.99. The summed E-state index contributed by atoms with van der Waals surface area (Å²) in [7, 11) is 2.92. The van der Waals surface area contributed by atoms with E-state index in [0.29, 0.717) is 109 Å². The van der Waals surface area contributed by atoms with E-state index in [1.165, 1.54) is 26.6 Å². The van der Waals surface area contributed by atoms with Crippen molar-refractivity contribution in [2.45, 2.75) is 247 Å². The summed E-state index contributed by atoms with van der Waals surface area (Å²) in [4.78, 5) is 150. The second kappa shape index (κ2) is 57.4. The van der Waals surface area contributed by atoms with E-state index >= 15 is 0 Å². The highest BCUT2D eigenvalue weighted by Crippen LogP contribution is 2.31. The molecule has 4 aliphatic heterocycles. The first-order chi connectivity index (χ1) is 70.4. The Hall–Kier alpha value is -12.8. The smallest absolute Gasteiger partial charge is 0.341 e. The number of likely N-dealkylation sites (tertiary alicyclic amines) is 4. The van der Waals surface area contributed by atoms with Gasteiger partial charge in [0.1, 0.15) is 43.6 Å². The van der Waals surface area contributed by atoms with Gasteiger partial charge in [0.15, 0.2) is 0 Å². The summed E-state index contributed by atoms with van der Waals surface area (Å²) in [5.74, 6) is -1.33. The number of pyridine rings is 3. The number of hydrogen-bond donors (Lipinski definition) is 6. The molecule has 10 amide bonds. The zero-order valence-corrected chi connectivity index (χ0v) is 89.4. The topological polar surface area (TPSA) is 420 Å². The lowest BCUT2D eigenvalue weighted by Crippen LogP contribution is -2.51. The largest absolute Gasteiger partial charge is 0.352 e. The molecular formula is C106H138FN25O10S4. The van der Waals surface area contributed by atoms with Crippen molar-refractivity contribution in [2.24, 2.45) is 0 Å². The average molecular weight is 2070 g/mol. The average Bonchev–Trinajstić information content (AvgIpc) is 0.958. The highest BCUT2D eigenvalue weighted by molar-refractivity contribution is 7.08. The molecule has 0 saturated carbocycles. The van der Waals surface area contributed by atoms with Gasteiger partial charge in [-0.1, -0.05) is 0 Å². The molecule has 13 heterocycles. The van der Waals surface area contributed by atoms with Crippen molar-refractivity contribution in [3.8, 4) is 35.2 Å². The number of carbonyl (C=O) groups excluding carboxylic acids is 8. The molecule has 0 bridgehead atoms. The summed E-state index contributed by atoms with van der Waals surface area (Å²) < 4.78 is 15.2. The fourth-order valence-corrected chi connectivity index (χ4v) is 22.3. The lowest BCUT2D eigenvalue weighted by Gasteiger charge is -2.40. The second-order valence-corrected chi connectivity index (χ2v) is 40.8. The molecule has 0 unspecified atom stereocenters. The van der Waals surface area contributed by atoms with Crippen LogP contribution < -0.4 is 32.2 Å². The van der Waals surface area contributed by atoms with E-state index in [-0.39, 0.29) is 96.6 Å². The van der Waals surface area contributed by atoms with Crippen LogP contribution in [0.4, 0.5) is 14.0 Å². The lowest BCUT2D eigenvalue weighted by molar-refractivity contribution is -0.135. The van der Waals surface area contributed by atoms with E-state index in [1.54, 1.807) is 97.2 Å². The van der Waals surface area contributed by atoms with Crippen molar-refractivity contribution in [2.75, 3.05) is 92.8 Å². The van der Waals surface area contributed by atoms with Gasteiger partial charge in [0.2, 0.25) is 17.8 Å². The van der Waals surface area contributed by atoms with E-state index in [4.69, 9.17) is 25.5 Å². The first-order valence-corrected chi connectivity index (χ1v) is 53.5. The molecule has 778 valence electrons. The van der Waals surface area contributed by atoms with Gasteiger partial charge in [-0.05, 0) is 308 Å². The number of amides is 10. The van der Waals surface area contributed by atoms with E-state index in [2.05, 4.69) is 143 Å². The van der Waals surface area contributed by atoms with Crippen LogP contribution in [0.1, 0.15) is 232 Å². The molecule has 35 nitrogen and oxygen atoms in total. The van der Waals surface area contributed by atoms with Crippen molar-refractivity contribution < 1.29 is 52.4 Å². The number of benzene rings is 1. The summed E-state index contributed by atoms with van der Waals surface area (Å²) in [6, 6.07) is 24.3. The molecule has 146 heavy (non-hydrogen) atoms. The minimum atomic E-state index is -0.577. The van der Waals surface area contributed by atoms with Crippen molar-refractivity contribution in [3.05, 3.63) is 230 Å². The number of thiophene rings is 4. The van der Waals surface area contributed by atoms with Gasteiger partial charge in [0.05, 0.1) is 65.8 Å². The number of hydroxylamine groups is 2. The Morgan fingerprint density at radius 3 is 1.06 bits per heavy atom. The van der Waals surface area contributed by atoms with E-state index < -0.39 is 5.95 Å². The summed E-state index contributed by atoms with van der Waals surface area (Å²) in [5, 5.41) is 63.2. The Labute approximate surface area is 872 Å². The monoisotopic (exact) mass is 2070 g/mol. The van der Waals surface area contributed by atoms with Crippen LogP contribution in [0.15, 0.2) is 129 Å². The van der Waals surface area contributed by atoms with Crippen molar-refractivity contribution >= 4 is 92.9 Å². The maximum atomic E-state index is 13.4. The fourth-order valence-electron chi connectivity index (χ4n) is 19.6. The Balaban J connectivity index is 0.000000185. The third kappa shape index (κ3) is 32.9. The third-order valence-electron chi connectivity index (χ3n) is 27.7. The third-order valence-corrected chi connectivity index (χ3v) is 30.6. The van der Waals surface area contributed by atoms with Crippen LogP contribution in [-0.2, 0) is 45.4 Å². The number of piperidine rings is 4. The summed E-state index contributed by atoms with van der Waals surface area (Å²) in [6.45, 7) is 34.9. The molecule has 0 radical (unpaired) electrons. The van der Waals surface area contributed by atoms with Crippen LogP contribution in [-0.4, -0.2) is 267 Å². The predicted octanol–water partition coefficient (Wildman–Crippen LogP) is 15.0. The van der Waals surface area contributed by atoms with E-state index in [1.807, 2.05) is 134 Å². The molecule has 0 spiro atoms. The number of nitriles is 3. The SMILES string of the molecule is CONC(=O)N(Cc1ccsc1)C1CCN([C@H](C)CCNC(=O)c2c(C)cc(-c3cncnc3)nc2C)CC1.CONC(=O)N(Cc1ccsc1)C1CCN([C@H](C)CCNC(=O)c2c(C)cc(-n3cnnc3)cc2C)CC1.Cc1cc(C#N)nc(C)c1C(=O)NCC[C@@H](C)N1CCC(N(Cc2ccsc2)C(=O)CC#N)CC1.Cc1cc(F)nc(C)c1C(=O)NCC[C@@H](C)N1CCC(N(Cc2ccsc2)C(=O)CC#N)CC1. The van der Waals surface area contributed by atoms with Crippen LogP contribution in [0.2, 0.25) is 0 Å². The number of hydrogen-bond acceptors (Lipinski definition) is 28. The molecule has 9 aromatic heterocycles. The zero-order chi connectivity index (χ0) is 105. The molecule has 4 aliphatic rings. The van der Waals surface area contributed by atoms with Gasteiger partial charge in [-0.2, -0.15) is 65.5 Å². The Morgan fingerprint density at radius 2 is 0.747 bits per heavy atom. The minimum absolute atomic E-state index is 0.0468. The second-order valence-electron chi connectivity index (χ2n) is 37.7. The van der Waals surface area contributed by atoms with E-state index in [9.17, 15) is 42.7 Å². The molecule has 6 N–H and O–H groups in total. The predicted molar refractivity (Wildman–Crippen MR) is 563 cm³/mol. The molecule has 14 rings (SSSR count). The van der Waals surface area contributed by atoms with E-state index in [0.717, 1.165) is 196 Å². The highest BCUT2D eigenvalue weighted by atomic mass is 32.1. The van der Waals surface area contributed by atoms with Crippen molar-refractivity contribution in [1.29, 1.82) is 15.8 Å². The Morgan fingerprint density at radius 1 is 0.432 bits per heavy atom. The highest BCUT2D eigenvalue weighted by Gasteiger charge is 2.36. The Bertz CT molecular complexity index is 5920. The minimum Gasteiger partial charge on any atom is -0.352 e. The molecule has 40 heteroatoms. The molecule has 1 aromatic carbocycles. The van der Waals surface area contributed by atoms with Gasteiger partial charge in [-0.25, -0.2) is 40.5 Å². The van der Waals surface area contributed by atoms with Gasteiger partial charge >= 0.3 is 12.1 Å². The summed E-state index contributed by atoms with van der Waals surface area (Å²) >= 11 is 6.48. The van der Waals surface area contributed by atoms with Gasteiger partial charge in [0, 0.05) is 182 Å². The standard InChI is InChI=1S/C28H37N7O3S.C27H37N7O3S.C26H32N6O2S.C25H32FN5O2S/c1-19-13-25(23-14-29-18-30-15-23)32-21(3)26(19)27(36)31-9-5-20(2)34-10-6-24(7-11-34)35(28(37)33-38-4)16-22-8-12-39-17-22;1-19-13-24(33-17-29-30-18-33)14-20(2)25(19)26(35)28-9-5-21(3)32-10-6-23(7-11-32)34(27(36)31-37-4)15-22-8-12-38-16-22;1-18-14-22(15-28)30-20(3)25(18)26(34)29-10-5-19(2)31-11-6-23(7-12-31)32(24(33)4-9-27)16-21-8-13-35-17-21;1-17-14-22(26)29-19(3)24(17)25(33)28-10-5-18(2)30-11-6-21(7-12-30)31(23(32)4-9-27)15-20-8-13-34-16-20/h8,12-15,17-18,20,24H,5-7,9-11,16H2,1-4H3,(H,31,36)(H,33,37);8,12-14,16-18,21,23H,5-7,9-11,15H2,1-4H3,(H,28,35)(H,31,36);8,13-14,17,19,23H,4-7,10-12,16H2,1-3H3,(H,29,34);8,13-14,16,18,21H,4-7,10-12,15H2,1-3H3,(H,28,33)/t20-;21-;19-;18-/m1111/s1. The van der Waals surface area contributed by atoms with Gasteiger partial charge < -0.3 is 60.5 Å². The number of urea groups is 2. The number of nitrogens with one attached hydrogen (secondary N) is 6. The van der Waals surface area contributed by atoms with Crippen LogP contribution in [0.3, 0.4) is 0 Å². The molecule has 4 fully saturated rings. The number of halogens is 1. The summed E-state index contributed by atoms with van der Waals surface area (Å²) in [5.41, 5.74) is 20.3. The van der Waals surface area contributed by atoms with Crippen LogP contribution in [0, 0.1) is 95.3 Å². The first-order valence-electron chi connectivity index (χ1n) is 49.7. The van der Waals surface area contributed by atoms with Crippen LogP contribution >= 0.6 is 45.3 Å². The number of aryl methyl sites for hydroxylation is 8. The molecule has 4 atom stereocenters. The van der Waals surface area contributed by atoms with Crippen LogP contribution in [0.5, 0.6) is 0 Å². The molecule has 10 aromatic rings. The number of aromatic nitrogens is 8. The van der Waals surface area contributed by atoms with Gasteiger partial charge in [-0.3, -0.25) is 48.0 Å². The number of carbonyl (C=O) groups is 8. The molecule has 4 saturated heterocycles. The van der Waals surface area contributed by atoms with Crippen molar-refractivity contribution in [3.63, 3.8) is 0 Å². The number of rotatable bonds is 38. The molecular weight excluding hydrogens is 1930 g/mol. The number of nitrogens with zero attached hydrogens (tertiary/aromatic N) is 19. The fraction of sp³-hybridized carbons (Fsp3) is 0.491. The molecule has 0 aliphatic carbocycles. The van der Waals surface area contributed by atoms with Crippen LogP contribution in [0.25, 0.3) is 16.9 Å². The zero-order valence-electron chi connectivity index (χ0n) is 86.1. The first kappa shape index (κ1) is 114. The quantitative estimate of drug-likeness (QED) is 0.0155. The van der Waals surface area contributed by atoms with Gasteiger partial charge in [0.25, 0.3) is 23.6 Å².